The molecular weight excluding hydrogens is 438 g/mol. The van der Waals surface area contributed by atoms with Crippen molar-refractivity contribution in [2.45, 2.75) is 12.8 Å². The zero-order valence-corrected chi connectivity index (χ0v) is 19.3. The Balaban J connectivity index is 1.56. The first-order chi connectivity index (χ1) is 16.0. The van der Waals surface area contributed by atoms with Crippen molar-refractivity contribution in [3.05, 3.63) is 71.4 Å². The van der Waals surface area contributed by atoms with Crippen molar-refractivity contribution in [2.24, 2.45) is 0 Å². The Morgan fingerprint density at radius 2 is 1.82 bits per heavy atom. The number of allylic oxidation sites excluding steroid dienone is 1. The summed E-state index contributed by atoms with van der Waals surface area (Å²) in [6.45, 7) is 0.0223. The summed E-state index contributed by atoms with van der Waals surface area (Å²) in [5.41, 5.74) is 3.68. The van der Waals surface area contributed by atoms with E-state index in [0.717, 1.165) is 16.9 Å². The van der Waals surface area contributed by atoms with Gasteiger partial charge in [0.2, 0.25) is 18.2 Å². The Morgan fingerprint density at radius 1 is 1.06 bits per heavy atom. The standard InChI is InChI=1S/C25H27N3O4S/c1-26-25(32)21-16-33-13-11-22(21)28(17-29)12-10-24(31)27-15-23(30)20-9-5-8-19(14-20)18-6-3-2-4-7-18/h2-9,14,17H,10-13,15-16H2,1H3,(H,26,32)(H,27,31). The van der Waals surface area contributed by atoms with Crippen LogP contribution in [0.4, 0.5) is 0 Å². The number of Topliss-reactive ketones (excluding diaryl/α,β-unsaturated/α-hetero) is 1. The van der Waals surface area contributed by atoms with Gasteiger partial charge in [-0.2, -0.15) is 11.8 Å². The zero-order chi connectivity index (χ0) is 23.6. The second-order valence-electron chi connectivity index (χ2n) is 7.50. The van der Waals surface area contributed by atoms with Gasteiger partial charge >= 0.3 is 0 Å². The first kappa shape index (κ1) is 24.3. The molecule has 0 saturated carbocycles. The van der Waals surface area contributed by atoms with Gasteiger partial charge in [0.1, 0.15) is 0 Å². The van der Waals surface area contributed by atoms with Crippen molar-refractivity contribution >= 4 is 35.8 Å². The van der Waals surface area contributed by atoms with E-state index >= 15 is 0 Å². The number of thioether (sulfide) groups is 1. The predicted molar refractivity (Wildman–Crippen MR) is 130 cm³/mol. The second kappa shape index (κ2) is 12.0. The van der Waals surface area contributed by atoms with E-state index in [9.17, 15) is 19.2 Å². The van der Waals surface area contributed by atoms with Crippen LogP contribution < -0.4 is 10.6 Å². The summed E-state index contributed by atoms with van der Waals surface area (Å²) in [6, 6.07) is 17.0. The van der Waals surface area contributed by atoms with Crippen molar-refractivity contribution in [2.75, 3.05) is 31.6 Å². The Labute approximate surface area is 197 Å². The highest BCUT2D eigenvalue weighted by Gasteiger charge is 2.23. The van der Waals surface area contributed by atoms with Crippen molar-refractivity contribution in [1.29, 1.82) is 0 Å². The molecule has 3 rings (SSSR count). The summed E-state index contributed by atoms with van der Waals surface area (Å²) < 4.78 is 0. The fourth-order valence-corrected chi connectivity index (χ4v) is 4.57. The van der Waals surface area contributed by atoms with Gasteiger partial charge in [0, 0.05) is 42.6 Å². The van der Waals surface area contributed by atoms with Crippen LogP contribution in [0.5, 0.6) is 0 Å². The van der Waals surface area contributed by atoms with E-state index in [1.54, 1.807) is 24.9 Å². The predicted octanol–water partition coefficient (Wildman–Crippen LogP) is 2.64. The van der Waals surface area contributed by atoms with Crippen LogP contribution in [0.3, 0.4) is 0 Å². The Hall–Kier alpha value is -3.39. The quantitative estimate of drug-likeness (QED) is 0.416. The molecule has 8 heteroatoms. The molecule has 1 aliphatic heterocycles. The molecule has 2 N–H and O–H groups in total. The fraction of sp³-hybridized carbons (Fsp3) is 0.280. The molecule has 7 nitrogen and oxygen atoms in total. The molecule has 0 bridgehead atoms. The first-order valence-electron chi connectivity index (χ1n) is 10.7. The molecular formula is C25H27N3O4S. The molecule has 0 radical (unpaired) electrons. The van der Waals surface area contributed by atoms with E-state index < -0.39 is 0 Å². The van der Waals surface area contributed by atoms with E-state index in [1.165, 1.54) is 4.90 Å². The average Bonchev–Trinajstić information content (AvgIpc) is 2.88. The van der Waals surface area contributed by atoms with Crippen LogP contribution >= 0.6 is 11.8 Å². The van der Waals surface area contributed by atoms with E-state index in [1.807, 2.05) is 48.5 Å². The van der Waals surface area contributed by atoms with Gasteiger partial charge < -0.3 is 15.5 Å². The number of rotatable bonds is 10. The van der Waals surface area contributed by atoms with Crippen LogP contribution in [-0.4, -0.2) is 60.6 Å². The molecule has 0 aromatic heterocycles. The lowest BCUT2D eigenvalue weighted by molar-refractivity contribution is -0.122. The van der Waals surface area contributed by atoms with Gasteiger partial charge in [0.25, 0.3) is 0 Å². The Bertz CT molecular complexity index is 1050. The summed E-state index contributed by atoms with van der Waals surface area (Å²) >= 11 is 1.63. The number of hydrogen-bond donors (Lipinski definition) is 2. The maximum Gasteiger partial charge on any atom is 0.249 e. The zero-order valence-electron chi connectivity index (χ0n) is 18.5. The molecule has 172 valence electrons. The van der Waals surface area contributed by atoms with Gasteiger partial charge in [-0.05, 0) is 29.4 Å². The molecule has 0 fully saturated rings. The number of nitrogens with one attached hydrogen (secondary N) is 2. The average molecular weight is 466 g/mol. The van der Waals surface area contributed by atoms with Gasteiger partial charge in [-0.15, -0.1) is 0 Å². The van der Waals surface area contributed by atoms with Crippen LogP contribution in [0.15, 0.2) is 65.9 Å². The van der Waals surface area contributed by atoms with Crippen molar-refractivity contribution in [1.82, 2.24) is 15.5 Å². The summed E-state index contributed by atoms with van der Waals surface area (Å²) in [5, 5.41) is 5.24. The molecule has 0 saturated heterocycles. The van der Waals surface area contributed by atoms with Crippen LogP contribution in [0.1, 0.15) is 23.2 Å². The third-order valence-electron chi connectivity index (χ3n) is 5.37. The monoisotopic (exact) mass is 465 g/mol. The highest BCUT2D eigenvalue weighted by Crippen LogP contribution is 2.26. The number of carbonyl (C=O) groups excluding carboxylic acids is 4. The van der Waals surface area contributed by atoms with Crippen LogP contribution in [0.25, 0.3) is 11.1 Å². The SMILES string of the molecule is CNC(=O)C1=C(N(C=O)CCC(=O)NCC(=O)c2cccc(-c3ccccc3)c2)CCSC1. The number of likely N-dealkylation sites (N-methyl/N-ethyl adjacent to an activating group) is 1. The highest BCUT2D eigenvalue weighted by atomic mass is 32.2. The number of benzene rings is 2. The van der Waals surface area contributed by atoms with E-state index in [2.05, 4.69) is 10.6 Å². The third kappa shape index (κ3) is 6.55. The number of ketones is 1. The number of carbonyl (C=O) groups is 4. The molecule has 2 aromatic rings. The van der Waals surface area contributed by atoms with Crippen molar-refractivity contribution < 1.29 is 19.2 Å². The van der Waals surface area contributed by atoms with Gasteiger partial charge in [-0.25, -0.2) is 0 Å². The summed E-state index contributed by atoms with van der Waals surface area (Å²) in [7, 11) is 1.55. The Kier molecular flexibility index (Phi) is 8.83. The summed E-state index contributed by atoms with van der Waals surface area (Å²) in [6.07, 6.45) is 1.28. The third-order valence-corrected chi connectivity index (χ3v) is 6.36. The minimum Gasteiger partial charge on any atom is -0.355 e. The van der Waals surface area contributed by atoms with E-state index in [0.29, 0.717) is 35.4 Å². The largest absolute Gasteiger partial charge is 0.355 e. The number of nitrogens with zero attached hydrogens (tertiary/aromatic N) is 1. The van der Waals surface area contributed by atoms with Gasteiger partial charge in [-0.3, -0.25) is 19.2 Å². The molecule has 2 aromatic carbocycles. The minimum absolute atomic E-state index is 0.0355. The second-order valence-corrected chi connectivity index (χ2v) is 8.61. The highest BCUT2D eigenvalue weighted by molar-refractivity contribution is 7.99. The lowest BCUT2D eigenvalue weighted by atomic mass is 10.0. The maximum atomic E-state index is 12.6. The van der Waals surface area contributed by atoms with Gasteiger partial charge in [-0.1, -0.05) is 48.5 Å². The molecule has 0 unspecified atom stereocenters. The van der Waals surface area contributed by atoms with Crippen LogP contribution in [0, 0.1) is 0 Å². The van der Waals surface area contributed by atoms with Crippen LogP contribution in [0.2, 0.25) is 0 Å². The molecule has 33 heavy (non-hydrogen) atoms. The smallest absolute Gasteiger partial charge is 0.249 e. The normalized spacial score (nSPS) is 13.2. The van der Waals surface area contributed by atoms with E-state index in [4.69, 9.17) is 0 Å². The Morgan fingerprint density at radius 3 is 2.55 bits per heavy atom. The molecule has 1 aliphatic rings. The molecule has 0 aliphatic carbocycles. The number of amides is 3. The van der Waals surface area contributed by atoms with Crippen LogP contribution in [-0.2, 0) is 14.4 Å². The topological polar surface area (TPSA) is 95.6 Å². The fourth-order valence-electron chi connectivity index (χ4n) is 3.59. The lowest BCUT2D eigenvalue weighted by Gasteiger charge is -2.27. The van der Waals surface area contributed by atoms with E-state index in [-0.39, 0.29) is 37.1 Å². The van der Waals surface area contributed by atoms with Crippen molar-refractivity contribution in [3.8, 4) is 11.1 Å². The molecule has 1 heterocycles. The summed E-state index contributed by atoms with van der Waals surface area (Å²) in [5.74, 6) is 0.603. The van der Waals surface area contributed by atoms with Gasteiger partial charge in [0.15, 0.2) is 5.78 Å². The molecule has 0 atom stereocenters. The summed E-state index contributed by atoms with van der Waals surface area (Å²) in [4.78, 5) is 50.1. The van der Waals surface area contributed by atoms with Gasteiger partial charge in [0.05, 0.1) is 6.54 Å². The molecule has 0 spiro atoms. The molecule has 3 amide bonds. The minimum atomic E-state index is -0.332. The first-order valence-corrected chi connectivity index (χ1v) is 11.9. The van der Waals surface area contributed by atoms with Crippen molar-refractivity contribution in [3.63, 3.8) is 0 Å². The maximum absolute atomic E-state index is 12.6. The number of hydrogen-bond acceptors (Lipinski definition) is 5. The lowest BCUT2D eigenvalue weighted by Crippen LogP contribution is -2.35.